The maximum Gasteiger partial charge on any atom is 0.233 e. The van der Waals surface area contributed by atoms with Gasteiger partial charge in [0.1, 0.15) is 12.4 Å². The smallest absolute Gasteiger partial charge is 0.233 e. The number of aromatic nitrogens is 3. The molecule has 0 N–H and O–H groups in total. The third-order valence-corrected chi connectivity index (χ3v) is 7.18. The minimum atomic E-state index is 0.141. The van der Waals surface area contributed by atoms with Crippen LogP contribution in [0.5, 0.6) is 5.75 Å². The fourth-order valence-corrected chi connectivity index (χ4v) is 5.23. The zero-order chi connectivity index (χ0) is 20.2. The molecule has 0 aliphatic carbocycles. The number of hydrogen-bond donors (Lipinski definition) is 0. The number of amides is 1. The zero-order valence-electron chi connectivity index (χ0n) is 16.0. The van der Waals surface area contributed by atoms with Crippen LogP contribution < -0.4 is 4.74 Å². The molecule has 1 aliphatic rings. The first kappa shape index (κ1) is 20.3. The molecule has 0 radical (unpaired) electrons. The summed E-state index contributed by atoms with van der Waals surface area (Å²) < 4.78 is 7.60. The van der Waals surface area contributed by atoms with Crippen molar-refractivity contribution >= 4 is 40.6 Å². The van der Waals surface area contributed by atoms with E-state index in [-0.39, 0.29) is 18.6 Å². The summed E-state index contributed by atoms with van der Waals surface area (Å²) in [6.07, 6.45) is 2.08. The van der Waals surface area contributed by atoms with Gasteiger partial charge in [-0.2, -0.15) is 0 Å². The van der Waals surface area contributed by atoms with Crippen molar-refractivity contribution in [2.24, 2.45) is 7.05 Å². The highest BCUT2D eigenvalue weighted by Crippen LogP contribution is 2.35. The summed E-state index contributed by atoms with van der Waals surface area (Å²) in [7, 11) is 1.88. The summed E-state index contributed by atoms with van der Waals surface area (Å²) in [4.78, 5) is 16.1. The summed E-state index contributed by atoms with van der Waals surface area (Å²) in [6, 6.07) is 11.7. The predicted molar refractivity (Wildman–Crippen MR) is 116 cm³/mol. The molecule has 9 heteroatoms. The Hall–Kier alpha value is -2.03. The highest BCUT2D eigenvalue weighted by Gasteiger charge is 2.30. The van der Waals surface area contributed by atoms with Gasteiger partial charge in [-0.25, -0.2) is 0 Å². The van der Waals surface area contributed by atoms with Gasteiger partial charge >= 0.3 is 0 Å². The molecule has 2 aromatic heterocycles. The van der Waals surface area contributed by atoms with E-state index in [1.807, 2.05) is 40.8 Å². The van der Waals surface area contributed by atoms with Gasteiger partial charge in [-0.05, 0) is 36.4 Å². The molecule has 0 saturated carbocycles. The first-order valence-electron chi connectivity index (χ1n) is 9.34. The molecule has 152 valence electrons. The van der Waals surface area contributed by atoms with Crippen LogP contribution in [0, 0.1) is 0 Å². The van der Waals surface area contributed by atoms with Crippen LogP contribution in [0.15, 0.2) is 46.9 Å². The van der Waals surface area contributed by atoms with Crippen LogP contribution in [0.1, 0.15) is 29.6 Å². The second-order valence-electron chi connectivity index (χ2n) is 6.73. The number of nitrogens with zero attached hydrogens (tertiary/aromatic N) is 4. The number of carbonyl (C=O) groups excluding carboxylic acids is 1. The topological polar surface area (TPSA) is 60.2 Å². The number of thiophene rings is 1. The van der Waals surface area contributed by atoms with E-state index in [1.165, 1.54) is 16.6 Å². The lowest BCUT2D eigenvalue weighted by Crippen LogP contribution is -2.31. The molecular formula is C20H21ClN4O2S2. The van der Waals surface area contributed by atoms with Crippen LogP contribution in [-0.2, 0) is 18.4 Å². The SMILES string of the molecule is Cn1c(COc2ccccc2Cl)nnc1SCC(=O)N1CCC[C@H]1c1cccs1. The number of benzene rings is 1. The van der Waals surface area contributed by atoms with Crippen LogP contribution in [0.2, 0.25) is 5.02 Å². The number of halogens is 1. The fourth-order valence-electron chi connectivity index (χ4n) is 3.35. The Morgan fingerprint density at radius 1 is 1.31 bits per heavy atom. The second kappa shape index (κ2) is 9.19. The molecule has 3 heterocycles. The van der Waals surface area contributed by atoms with Crippen molar-refractivity contribution in [2.75, 3.05) is 12.3 Å². The number of likely N-dealkylation sites (tertiary alicyclic amines) is 1. The molecule has 3 aromatic rings. The Morgan fingerprint density at radius 2 is 2.17 bits per heavy atom. The number of rotatable bonds is 7. The van der Waals surface area contributed by atoms with Gasteiger partial charge in [-0.15, -0.1) is 21.5 Å². The van der Waals surface area contributed by atoms with E-state index in [1.54, 1.807) is 17.4 Å². The number of hydrogen-bond acceptors (Lipinski definition) is 6. The van der Waals surface area contributed by atoms with Crippen LogP contribution in [0.3, 0.4) is 0 Å². The molecule has 1 saturated heterocycles. The molecule has 1 aliphatic heterocycles. The van der Waals surface area contributed by atoms with Crippen molar-refractivity contribution in [2.45, 2.75) is 30.6 Å². The monoisotopic (exact) mass is 448 g/mol. The van der Waals surface area contributed by atoms with Gasteiger partial charge in [-0.3, -0.25) is 4.79 Å². The summed E-state index contributed by atoms with van der Waals surface area (Å²) in [5, 5.41) is 11.7. The molecule has 1 amide bonds. The quantitative estimate of drug-likeness (QED) is 0.495. The summed E-state index contributed by atoms with van der Waals surface area (Å²) in [5.41, 5.74) is 0. The minimum Gasteiger partial charge on any atom is -0.484 e. The van der Waals surface area contributed by atoms with Gasteiger partial charge in [0.05, 0.1) is 16.8 Å². The summed E-state index contributed by atoms with van der Waals surface area (Å²) in [6.45, 7) is 1.08. The van der Waals surface area contributed by atoms with Crippen molar-refractivity contribution < 1.29 is 9.53 Å². The van der Waals surface area contributed by atoms with Crippen LogP contribution in [-0.4, -0.2) is 37.9 Å². The third kappa shape index (κ3) is 4.60. The fraction of sp³-hybridized carbons (Fsp3) is 0.350. The Morgan fingerprint density at radius 3 is 2.97 bits per heavy atom. The van der Waals surface area contributed by atoms with Gasteiger partial charge < -0.3 is 14.2 Å². The lowest BCUT2D eigenvalue weighted by Gasteiger charge is -2.23. The van der Waals surface area contributed by atoms with Gasteiger partial charge in [0, 0.05) is 18.5 Å². The third-order valence-electron chi connectivity index (χ3n) is 4.89. The minimum absolute atomic E-state index is 0.141. The van der Waals surface area contributed by atoms with E-state index in [0.717, 1.165) is 19.4 Å². The van der Waals surface area contributed by atoms with Crippen LogP contribution in [0.25, 0.3) is 0 Å². The number of carbonyl (C=O) groups is 1. The van der Waals surface area contributed by atoms with E-state index in [4.69, 9.17) is 16.3 Å². The molecule has 4 rings (SSSR count). The maximum absolute atomic E-state index is 12.8. The predicted octanol–water partition coefficient (Wildman–Crippen LogP) is 4.56. The molecule has 0 unspecified atom stereocenters. The molecule has 0 bridgehead atoms. The van der Waals surface area contributed by atoms with Crippen LogP contribution in [0.4, 0.5) is 0 Å². The van der Waals surface area contributed by atoms with E-state index < -0.39 is 0 Å². The van der Waals surface area contributed by atoms with E-state index in [9.17, 15) is 4.79 Å². The molecule has 1 atom stereocenters. The second-order valence-corrected chi connectivity index (χ2v) is 9.06. The lowest BCUT2D eigenvalue weighted by molar-refractivity contribution is -0.129. The highest BCUT2D eigenvalue weighted by molar-refractivity contribution is 7.99. The van der Waals surface area contributed by atoms with E-state index in [0.29, 0.717) is 27.5 Å². The van der Waals surface area contributed by atoms with Gasteiger partial charge in [-0.1, -0.05) is 41.6 Å². The van der Waals surface area contributed by atoms with Crippen LogP contribution >= 0.6 is 34.7 Å². The first-order valence-corrected chi connectivity index (χ1v) is 11.6. The molecule has 29 heavy (non-hydrogen) atoms. The largest absolute Gasteiger partial charge is 0.484 e. The highest BCUT2D eigenvalue weighted by atomic mass is 35.5. The Bertz CT molecular complexity index is 977. The van der Waals surface area contributed by atoms with Crippen molar-refractivity contribution in [3.05, 3.63) is 57.5 Å². The number of para-hydroxylation sites is 1. The van der Waals surface area contributed by atoms with Crippen molar-refractivity contribution in [1.29, 1.82) is 0 Å². The van der Waals surface area contributed by atoms with Crippen molar-refractivity contribution in [3.63, 3.8) is 0 Å². The Kier molecular flexibility index (Phi) is 6.42. The normalized spacial score (nSPS) is 16.3. The zero-order valence-corrected chi connectivity index (χ0v) is 18.3. The first-order chi connectivity index (χ1) is 14.1. The molecule has 6 nitrogen and oxygen atoms in total. The standard InChI is InChI=1S/C20H21ClN4O2S2/c1-24-18(12-27-16-8-3-2-6-14(16)21)22-23-20(24)29-13-19(26)25-10-4-7-15(25)17-9-5-11-28-17/h2-3,5-6,8-9,11,15H,4,7,10,12-13H2,1H3/t15-/m0/s1. The molecule has 0 spiro atoms. The van der Waals surface area contributed by atoms with Crippen molar-refractivity contribution in [1.82, 2.24) is 19.7 Å². The Balaban J connectivity index is 1.34. The summed E-state index contributed by atoms with van der Waals surface area (Å²) >= 11 is 9.24. The molecular weight excluding hydrogens is 428 g/mol. The maximum atomic E-state index is 12.8. The number of ether oxygens (including phenoxy) is 1. The average molecular weight is 449 g/mol. The molecule has 1 fully saturated rings. The molecule has 1 aromatic carbocycles. The van der Waals surface area contributed by atoms with Gasteiger partial charge in [0.2, 0.25) is 5.91 Å². The number of thioether (sulfide) groups is 1. The summed E-state index contributed by atoms with van der Waals surface area (Å²) in [5.74, 6) is 1.77. The van der Waals surface area contributed by atoms with E-state index >= 15 is 0 Å². The Labute approximate surface area is 182 Å². The van der Waals surface area contributed by atoms with Gasteiger partial charge in [0.25, 0.3) is 0 Å². The van der Waals surface area contributed by atoms with E-state index in [2.05, 4.69) is 21.6 Å². The van der Waals surface area contributed by atoms with Gasteiger partial charge in [0.15, 0.2) is 11.0 Å². The van der Waals surface area contributed by atoms with Crippen molar-refractivity contribution in [3.8, 4) is 5.75 Å². The average Bonchev–Trinajstić information content (AvgIpc) is 3.47. The lowest BCUT2D eigenvalue weighted by atomic mass is 10.2.